The molecule has 40 heavy (non-hydrogen) atoms. The predicted molar refractivity (Wildman–Crippen MR) is 164 cm³/mol. The highest BCUT2D eigenvalue weighted by atomic mass is 16.6. The molecule has 1 aliphatic heterocycles. The molecule has 0 amide bonds. The molecule has 8 heteroatoms. The summed E-state index contributed by atoms with van der Waals surface area (Å²) in [4.78, 5) is 9.26. The molecular formula is C32H32B2N2O4. The molecule has 0 spiro atoms. The number of aryl methyl sites for hydroxylation is 2. The molecule has 0 radical (unpaired) electrons. The molecule has 4 aromatic rings. The molecular weight excluding hydrogens is 498 g/mol. The second-order valence-corrected chi connectivity index (χ2v) is 9.62. The Bertz CT molecular complexity index is 1370. The van der Waals surface area contributed by atoms with Gasteiger partial charge in [0.25, 0.3) is 0 Å². The lowest BCUT2D eigenvalue weighted by molar-refractivity contribution is 0.283. The van der Waals surface area contributed by atoms with Crippen LogP contribution in [0.25, 0.3) is 0 Å². The highest BCUT2D eigenvalue weighted by Crippen LogP contribution is 2.19. The third-order valence-electron chi connectivity index (χ3n) is 6.37. The van der Waals surface area contributed by atoms with E-state index in [9.17, 15) is 0 Å². The maximum atomic E-state index is 6.41. The van der Waals surface area contributed by atoms with E-state index in [0.717, 1.165) is 33.2 Å². The lowest BCUT2D eigenvalue weighted by Gasteiger charge is -2.18. The summed E-state index contributed by atoms with van der Waals surface area (Å²) < 4.78 is 25.3. The SMILES string of the molecule is Cc1cccc(B2OCCN=Cc3ccccc3OB(c3cccc(C)c3)OCCN=Cc3ccccc3O2)c1. The molecule has 0 unspecified atom stereocenters. The smallest absolute Gasteiger partial charge is 0.532 e. The van der Waals surface area contributed by atoms with E-state index in [1.165, 1.54) is 0 Å². The molecule has 6 nitrogen and oxygen atoms in total. The molecule has 0 N–H and O–H groups in total. The molecule has 0 aliphatic carbocycles. The van der Waals surface area contributed by atoms with Crippen molar-refractivity contribution in [2.24, 2.45) is 9.98 Å². The summed E-state index contributed by atoms with van der Waals surface area (Å²) in [5, 5.41) is 0. The first-order valence-corrected chi connectivity index (χ1v) is 13.5. The van der Waals surface area contributed by atoms with E-state index in [-0.39, 0.29) is 0 Å². The number of hydrogen-bond acceptors (Lipinski definition) is 6. The summed E-state index contributed by atoms with van der Waals surface area (Å²) in [5.41, 5.74) is 5.89. The zero-order chi connectivity index (χ0) is 27.6. The minimum Gasteiger partial charge on any atom is -0.532 e. The van der Waals surface area contributed by atoms with Gasteiger partial charge in [-0.2, -0.15) is 0 Å². The summed E-state index contributed by atoms with van der Waals surface area (Å²) in [5.74, 6) is 1.39. The van der Waals surface area contributed by atoms with Crippen LogP contribution in [-0.4, -0.2) is 53.0 Å². The molecule has 0 atom stereocenters. The Hall–Kier alpha value is -4.13. The first-order valence-electron chi connectivity index (χ1n) is 13.5. The number of fused-ring (bicyclic) bond motifs is 2. The predicted octanol–water partition coefficient (Wildman–Crippen LogP) is 4.44. The Balaban J connectivity index is 1.43. The summed E-state index contributed by atoms with van der Waals surface area (Å²) in [6.07, 6.45) is 3.63. The van der Waals surface area contributed by atoms with Crippen LogP contribution >= 0.6 is 0 Å². The van der Waals surface area contributed by atoms with Gasteiger partial charge >= 0.3 is 14.2 Å². The highest BCUT2D eigenvalue weighted by molar-refractivity contribution is 6.62. The zero-order valence-corrected chi connectivity index (χ0v) is 22.9. The van der Waals surface area contributed by atoms with Crippen LogP contribution in [0.1, 0.15) is 22.3 Å². The Morgan fingerprint density at radius 2 is 1.00 bits per heavy atom. The van der Waals surface area contributed by atoms with Crippen LogP contribution in [-0.2, 0) is 9.31 Å². The van der Waals surface area contributed by atoms with Gasteiger partial charge in [0.05, 0.1) is 26.3 Å². The van der Waals surface area contributed by atoms with Gasteiger partial charge in [0.2, 0.25) is 0 Å². The number of para-hydroxylation sites is 2. The van der Waals surface area contributed by atoms with Gasteiger partial charge in [0, 0.05) is 23.6 Å². The van der Waals surface area contributed by atoms with E-state index in [4.69, 9.17) is 18.6 Å². The van der Waals surface area contributed by atoms with Gasteiger partial charge in [-0.1, -0.05) is 83.9 Å². The highest BCUT2D eigenvalue weighted by Gasteiger charge is 2.26. The van der Waals surface area contributed by atoms with Crippen molar-refractivity contribution in [2.75, 3.05) is 26.3 Å². The molecule has 0 saturated carbocycles. The molecule has 0 fully saturated rings. The largest absolute Gasteiger partial charge is 0.562 e. The van der Waals surface area contributed by atoms with Crippen LogP contribution in [0.4, 0.5) is 0 Å². The number of benzene rings is 4. The van der Waals surface area contributed by atoms with Crippen molar-refractivity contribution in [1.29, 1.82) is 0 Å². The molecule has 4 aromatic carbocycles. The van der Waals surface area contributed by atoms with E-state index < -0.39 is 14.2 Å². The van der Waals surface area contributed by atoms with Crippen LogP contribution in [0.5, 0.6) is 11.5 Å². The van der Waals surface area contributed by atoms with Crippen LogP contribution in [0.2, 0.25) is 0 Å². The minimum atomic E-state index is -0.586. The van der Waals surface area contributed by atoms with Crippen LogP contribution in [0, 0.1) is 13.8 Å². The number of rotatable bonds is 2. The lowest BCUT2D eigenvalue weighted by atomic mass is 9.78. The number of nitrogens with zero attached hydrogens (tertiary/aromatic N) is 2. The van der Waals surface area contributed by atoms with E-state index in [1.807, 2.05) is 85.2 Å². The van der Waals surface area contributed by atoms with Crippen molar-refractivity contribution >= 4 is 37.6 Å². The maximum absolute atomic E-state index is 6.41. The molecule has 0 saturated heterocycles. The van der Waals surface area contributed by atoms with Gasteiger partial charge in [-0.05, 0) is 49.0 Å². The van der Waals surface area contributed by atoms with Crippen LogP contribution in [0.3, 0.4) is 0 Å². The van der Waals surface area contributed by atoms with Gasteiger partial charge in [-0.3, -0.25) is 9.98 Å². The Morgan fingerprint density at radius 3 is 1.45 bits per heavy atom. The third-order valence-corrected chi connectivity index (χ3v) is 6.37. The fraction of sp³-hybridized carbons (Fsp3) is 0.188. The van der Waals surface area contributed by atoms with E-state index >= 15 is 0 Å². The Kier molecular flexibility index (Phi) is 9.46. The van der Waals surface area contributed by atoms with Gasteiger partial charge < -0.3 is 18.6 Å². The average Bonchev–Trinajstić information content (AvgIpc) is 2.96. The molecule has 0 bridgehead atoms. The van der Waals surface area contributed by atoms with Crippen molar-refractivity contribution in [1.82, 2.24) is 0 Å². The maximum Gasteiger partial charge on any atom is 0.562 e. The Labute approximate surface area is 237 Å². The lowest BCUT2D eigenvalue weighted by Crippen LogP contribution is -2.41. The second kappa shape index (κ2) is 13.8. The summed E-state index contributed by atoms with van der Waals surface area (Å²) in [7, 11) is -1.17. The van der Waals surface area contributed by atoms with Crippen molar-refractivity contribution < 1.29 is 18.6 Å². The van der Waals surface area contributed by atoms with Crippen molar-refractivity contribution in [3.05, 3.63) is 119 Å². The van der Waals surface area contributed by atoms with Gasteiger partial charge in [-0.25, -0.2) is 0 Å². The summed E-state index contributed by atoms with van der Waals surface area (Å²) >= 11 is 0. The normalized spacial score (nSPS) is 14.8. The van der Waals surface area contributed by atoms with Crippen LogP contribution in [0.15, 0.2) is 107 Å². The summed E-state index contributed by atoms with van der Waals surface area (Å²) in [6.45, 7) is 5.79. The van der Waals surface area contributed by atoms with Crippen molar-refractivity contribution in [2.45, 2.75) is 13.8 Å². The molecule has 1 heterocycles. The standard InChI is InChI=1S/C32H32B2N2O4/c1-25-9-7-13-29(21-25)33-37-19-17-35-24-28-12-4-6-16-32(28)40-34(30-14-8-10-26(2)22-30)38-20-18-36-23-27-11-3-5-15-31(27)39-33/h3-16,21-24H,17-20H2,1-2H3. The molecule has 0 aromatic heterocycles. The first-order chi connectivity index (χ1) is 19.7. The molecule has 200 valence electrons. The van der Waals surface area contributed by atoms with E-state index in [2.05, 4.69) is 48.1 Å². The molecule has 5 rings (SSSR count). The van der Waals surface area contributed by atoms with Crippen molar-refractivity contribution in [3.8, 4) is 11.5 Å². The van der Waals surface area contributed by atoms with Gasteiger partial charge in [0.15, 0.2) is 0 Å². The summed E-state index contributed by atoms with van der Waals surface area (Å²) in [6, 6.07) is 31.9. The monoisotopic (exact) mass is 530 g/mol. The van der Waals surface area contributed by atoms with Crippen molar-refractivity contribution in [3.63, 3.8) is 0 Å². The van der Waals surface area contributed by atoms with Gasteiger partial charge in [-0.15, -0.1) is 0 Å². The Morgan fingerprint density at radius 1 is 0.550 bits per heavy atom. The topological polar surface area (TPSA) is 61.6 Å². The van der Waals surface area contributed by atoms with Gasteiger partial charge in [0.1, 0.15) is 11.5 Å². The minimum absolute atomic E-state index is 0.378. The quantitative estimate of drug-likeness (QED) is 0.360. The van der Waals surface area contributed by atoms with E-state index in [0.29, 0.717) is 37.8 Å². The third kappa shape index (κ3) is 7.50. The van der Waals surface area contributed by atoms with Crippen LogP contribution < -0.4 is 20.2 Å². The zero-order valence-electron chi connectivity index (χ0n) is 22.9. The molecule has 1 aliphatic rings. The van der Waals surface area contributed by atoms with E-state index in [1.54, 1.807) is 0 Å². The fourth-order valence-corrected chi connectivity index (χ4v) is 4.40. The number of hydrogen-bond donors (Lipinski definition) is 0. The average molecular weight is 530 g/mol. The fourth-order valence-electron chi connectivity index (χ4n) is 4.40. The first kappa shape index (κ1) is 27.4. The second-order valence-electron chi connectivity index (χ2n) is 9.62. The number of aliphatic imine (C=N–C) groups is 2.